The van der Waals surface area contributed by atoms with Crippen molar-refractivity contribution in [1.29, 1.82) is 0 Å². The number of likely N-dealkylation sites (tertiary alicyclic amines) is 2. The number of nitrogens with zero attached hydrogens (tertiary/aromatic N) is 3. The monoisotopic (exact) mass is 294 g/mol. The molecule has 1 aromatic rings. The summed E-state index contributed by atoms with van der Waals surface area (Å²) in [5.74, 6) is 0. The maximum atomic E-state index is 5.58. The Bertz CT molecular complexity index is 414. The minimum absolute atomic E-state index is 0.702. The summed E-state index contributed by atoms with van der Waals surface area (Å²) in [5, 5.41) is 3.40. The Morgan fingerprint density at radius 1 is 1.25 bits per heavy atom. The zero-order chi connectivity index (χ0) is 13.8. The Labute approximate surface area is 126 Å². The van der Waals surface area contributed by atoms with E-state index in [0.717, 1.165) is 19.0 Å². The number of rotatable bonds is 5. The van der Waals surface area contributed by atoms with Gasteiger partial charge < -0.3 is 5.73 Å². The van der Waals surface area contributed by atoms with Crippen molar-refractivity contribution >= 4 is 11.3 Å². The second-order valence-electron chi connectivity index (χ2n) is 6.05. The molecular weight excluding hydrogens is 268 g/mol. The highest BCUT2D eigenvalue weighted by Crippen LogP contribution is 2.22. The fourth-order valence-corrected chi connectivity index (χ4v) is 4.23. The normalized spacial score (nSPS) is 25.4. The van der Waals surface area contributed by atoms with Gasteiger partial charge in [-0.2, -0.15) is 0 Å². The predicted molar refractivity (Wildman–Crippen MR) is 84.0 cm³/mol. The summed E-state index contributed by atoms with van der Waals surface area (Å²) in [5.41, 5.74) is 6.82. The lowest BCUT2D eigenvalue weighted by Crippen LogP contribution is -2.40. The van der Waals surface area contributed by atoms with Crippen LogP contribution in [0.2, 0.25) is 0 Å². The van der Waals surface area contributed by atoms with Crippen LogP contribution in [0.3, 0.4) is 0 Å². The molecule has 2 aliphatic heterocycles. The molecule has 2 aliphatic rings. The molecule has 0 aliphatic carbocycles. The number of piperidine rings is 1. The van der Waals surface area contributed by atoms with E-state index in [1.807, 2.05) is 0 Å². The van der Waals surface area contributed by atoms with Gasteiger partial charge in [0.15, 0.2) is 0 Å². The van der Waals surface area contributed by atoms with Gasteiger partial charge in [-0.15, -0.1) is 11.3 Å². The number of hydrogen-bond donors (Lipinski definition) is 1. The fourth-order valence-electron chi connectivity index (χ4n) is 3.43. The van der Waals surface area contributed by atoms with E-state index in [1.54, 1.807) is 11.3 Å². The topological polar surface area (TPSA) is 45.4 Å². The van der Waals surface area contributed by atoms with E-state index < -0.39 is 0 Å². The highest BCUT2D eigenvalue weighted by atomic mass is 32.1. The maximum absolute atomic E-state index is 5.58. The molecule has 1 unspecified atom stereocenters. The van der Waals surface area contributed by atoms with E-state index in [9.17, 15) is 0 Å². The van der Waals surface area contributed by atoms with Crippen LogP contribution >= 0.6 is 11.3 Å². The van der Waals surface area contributed by atoms with E-state index in [-0.39, 0.29) is 0 Å². The van der Waals surface area contributed by atoms with Gasteiger partial charge in [-0.05, 0) is 38.9 Å². The summed E-state index contributed by atoms with van der Waals surface area (Å²) in [6, 6.07) is 0.789. The van der Waals surface area contributed by atoms with Gasteiger partial charge >= 0.3 is 0 Å². The zero-order valence-electron chi connectivity index (χ0n) is 12.3. The van der Waals surface area contributed by atoms with Crippen molar-refractivity contribution in [3.05, 3.63) is 16.1 Å². The van der Waals surface area contributed by atoms with Gasteiger partial charge in [0, 0.05) is 37.5 Å². The molecule has 3 heterocycles. The molecule has 112 valence electrons. The van der Waals surface area contributed by atoms with Crippen LogP contribution in [0.1, 0.15) is 36.4 Å². The van der Waals surface area contributed by atoms with E-state index in [4.69, 9.17) is 5.73 Å². The van der Waals surface area contributed by atoms with Crippen molar-refractivity contribution in [3.63, 3.8) is 0 Å². The van der Waals surface area contributed by atoms with E-state index in [2.05, 4.69) is 20.2 Å². The Hall–Kier alpha value is -0.490. The van der Waals surface area contributed by atoms with Crippen molar-refractivity contribution in [2.75, 3.05) is 32.7 Å². The first-order chi connectivity index (χ1) is 9.85. The Morgan fingerprint density at radius 3 is 2.90 bits per heavy atom. The van der Waals surface area contributed by atoms with Gasteiger partial charge in [-0.1, -0.05) is 6.42 Å². The molecule has 2 saturated heterocycles. The third kappa shape index (κ3) is 3.58. The van der Waals surface area contributed by atoms with E-state index in [0.29, 0.717) is 6.54 Å². The Kier molecular flexibility index (Phi) is 5.04. The Morgan fingerprint density at radius 2 is 2.10 bits per heavy atom. The third-order valence-electron chi connectivity index (χ3n) is 4.50. The molecule has 0 spiro atoms. The van der Waals surface area contributed by atoms with Crippen molar-refractivity contribution in [3.8, 4) is 0 Å². The van der Waals surface area contributed by atoms with Crippen LogP contribution in [-0.2, 0) is 13.0 Å². The largest absolute Gasteiger partial charge is 0.330 e. The summed E-state index contributed by atoms with van der Waals surface area (Å²) < 4.78 is 0. The molecule has 0 aromatic carbocycles. The average molecular weight is 294 g/mol. The van der Waals surface area contributed by atoms with Crippen molar-refractivity contribution < 1.29 is 0 Å². The maximum Gasteiger partial charge on any atom is 0.0941 e. The highest BCUT2D eigenvalue weighted by Gasteiger charge is 2.28. The lowest BCUT2D eigenvalue weighted by molar-refractivity contribution is 0.161. The van der Waals surface area contributed by atoms with Crippen LogP contribution in [0.15, 0.2) is 5.38 Å². The molecule has 0 bridgehead atoms. The SMILES string of the molecule is NCCc1nc(CN2CCC(N3CCCCC3)C2)cs1. The third-order valence-corrected chi connectivity index (χ3v) is 5.46. The van der Waals surface area contributed by atoms with E-state index in [1.165, 1.54) is 62.6 Å². The van der Waals surface area contributed by atoms with Crippen LogP contribution in [0, 0.1) is 0 Å². The quantitative estimate of drug-likeness (QED) is 0.898. The minimum Gasteiger partial charge on any atom is -0.330 e. The highest BCUT2D eigenvalue weighted by molar-refractivity contribution is 7.09. The molecule has 5 heteroatoms. The van der Waals surface area contributed by atoms with Gasteiger partial charge in [0.1, 0.15) is 0 Å². The number of aromatic nitrogens is 1. The van der Waals surface area contributed by atoms with Crippen molar-refractivity contribution in [1.82, 2.24) is 14.8 Å². The first kappa shape index (κ1) is 14.4. The molecule has 1 aromatic heterocycles. The molecule has 20 heavy (non-hydrogen) atoms. The summed E-state index contributed by atoms with van der Waals surface area (Å²) in [7, 11) is 0. The molecule has 4 nitrogen and oxygen atoms in total. The van der Waals surface area contributed by atoms with Crippen LogP contribution in [0.4, 0.5) is 0 Å². The van der Waals surface area contributed by atoms with Gasteiger partial charge in [0.25, 0.3) is 0 Å². The lowest BCUT2D eigenvalue weighted by atomic mass is 10.1. The first-order valence-electron chi connectivity index (χ1n) is 7.95. The molecule has 3 rings (SSSR count). The second kappa shape index (κ2) is 6.98. The summed E-state index contributed by atoms with van der Waals surface area (Å²) in [4.78, 5) is 9.97. The van der Waals surface area contributed by atoms with Crippen LogP contribution < -0.4 is 5.73 Å². The van der Waals surface area contributed by atoms with E-state index >= 15 is 0 Å². The number of nitrogens with two attached hydrogens (primary N) is 1. The fraction of sp³-hybridized carbons (Fsp3) is 0.800. The van der Waals surface area contributed by atoms with Gasteiger partial charge in [-0.25, -0.2) is 4.98 Å². The van der Waals surface area contributed by atoms with Crippen LogP contribution in [-0.4, -0.2) is 53.5 Å². The number of thiazole rings is 1. The first-order valence-corrected chi connectivity index (χ1v) is 8.83. The Balaban J connectivity index is 1.49. The summed E-state index contributed by atoms with van der Waals surface area (Å²) >= 11 is 1.76. The summed E-state index contributed by atoms with van der Waals surface area (Å²) in [6.45, 7) is 6.81. The second-order valence-corrected chi connectivity index (χ2v) is 6.99. The van der Waals surface area contributed by atoms with Crippen molar-refractivity contribution in [2.24, 2.45) is 5.73 Å². The molecule has 0 radical (unpaired) electrons. The van der Waals surface area contributed by atoms with Gasteiger partial charge in [0.05, 0.1) is 10.7 Å². The molecule has 0 saturated carbocycles. The minimum atomic E-state index is 0.702. The average Bonchev–Trinajstić information content (AvgIpc) is 3.11. The molecule has 1 atom stereocenters. The lowest BCUT2D eigenvalue weighted by Gasteiger charge is -2.32. The molecule has 2 N–H and O–H groups in total. The van der Waals surface area contributed by atoms with Crippen LogP contribution in [0.5, 0.6) is 0 Å². The zero-order valence-corrected chi connectivity index (χ0v) is 13.1. The van der Waals surface area contributed by atoms with Crippen LogP contribution in [0.25, 0.3) is 0 Å². The molecule has 0 amide bonds. The molecular formula is C15H26N4S. The van der Waals surface area contributed by atoms with Gasteiger partial charge in [-0.3, -0.25) is 9.80 Å². The number of hydrogen-bond acceptors (Lipinski definition) is 5. The standard InChI is InChI=1S/C15H26N4S/c16-6-4-15-17-13(12-20-15)10-18-9-5-14(11-18)19-7-2-1-3-8-19/h12,14H,1-11,16H2. The molecule has 2 fully saturated rings. The predicted octanol–water partition coefficient (Wildman–Crippen LogP) is 1.70. The smallest absolute Gasteiger partial charge is 0.0941 e. The summed E-state index contributed by atoms with van der Waals surface area (Å²) in [6.07, 6.45) is 6.46. The van der Waals surface area contributed by atoms with Crippen molar-refractivity contribution in [2.45, 2.75) is 44.7 Å². The van der Waals surface area contributed by atoms with Gasteiger partial charge in [0.2, 0.25) is 0 Å².